The highest BCUT2D eigenvalue weighted by molar-refractivity contribution is 8.04. The highest BCUT2D eigenvalue weighted by atomic mass is 35.5. The maximum Gasteiger partial charge on any atom is 0.346 e. The zero-order valence-electron chi connectivity index (χ0n) is 12.5. The van der Waals surface area contributed by atoms with Gasteiger partial charge in [0.15, 0.2) is 5.57 Å². The number of benzene rings is 1. The number of amides is 1. The van der Waals surface area contributed by atoms with Gasteiger partial charge in [-0.3, -0.25) is 4.79 Å². The number of nitrogens with one attached hydrogen (secondary N) is 1. The number of esters is 1. The molecule has 1 aliphatic rings. The Labute approximate surface area is 146 Å². The molecule has 2 heterocycles. The van der Waals surface area contributed by atoms with Crippen LogP contribution < -0.4 is 5.32 Å². The van der Waals surface area contributed by atoms with E-state index in [1.54, 1.807) is 31.2 Å². The van der Waals surface area contributed by atoms with Gasteiger partial charge in [-0.25, -0.2) is 4.79 Å². The van der Waals surface area contributed by atoms with Gasteiger partial charge in [0.1, 0.15) is 0 Å². The zero-order valence-corrected chi connectivity index (χ0v) is 14.1. The van der Waals surface area contributed by atoms with Crippen molar-refractivity contribution < 1.29 is 18.7 Å². The van der Waals surface area contributed by atoms with E-state index in [9.17, 15) is 9.59 Å². The summed E-state index contributed by atoms with van der Waals surface area (Å²) in [6.45, 7) is 1.87. The van der Waals surface area contributed by atoms with Crippen molar-refractivity contribution in [3.8, 4) is 11.5 Å². The number of aromatic nitrogens is 2. The molecule has 7 nitrogen and oxygen atoms in total. The van der Waals surface area contributed by atoms with Gasteiger partial charge in [0.05, 0.1) is 17.4 Å². The Morgan fingerprint density at radius 2 is 2.12 bits per heavy atom. The second-order valence-corrected chi connectivity index (χ2v) is 6.10. The van der Waals surface area contributed by atoms with Crippen molar-refractivity contribution in [2.24, 2.45) is 0 Å². The number of halogens is 1. The number of carbonyl (C=O) groups is 2. The molecule has 1 saturated heterocycles. The van der Waals surface area contributed by atoms with Crippen LogP contribution in [0.4, 0.5) is 0 Å². The van der Waals surface area contributed by atoms with Crippen LogP contribution in [0.1, 0.15) is 12.8 Å². The van der Waals surface area contributed by atoms with Crippen LogP contribution in [0.25, 0.3) is 17.0 Å². The molecular weight excluding hydrogens is 354 g/mol. The summed E-state index contributed by atoms with van der Waals surface area (Å²) < 4.78 is 10.6. The predicted molar refractivity (Wildman–Crippen MR) is 88.9 cm³/mol. The van der Waals surface area contributed by atoms with Gasteiger partial charge < -0.3 is 14.5 Å². The molecular formula is C15H12ClN3O4S. The Kier molecular flexibility index (Phi) is 4.86. The van der Waals surface area contributed by atoms with Crippen molar-refractivity contribution in [1.29, 1.82) is 0 Å². The minimum absolute atomic E-state index is 0.0110. The van der Waals surface area contributed by atoms with Gasteiger partial charge in [-0.15, -0.1) is 10.2 Å². The quantitative estimate of drug-likeness (QED) is 0.657. The fourth-order valence-electron chi connectivity index (χ4n) is 1.98. The first-order valence-corrected chi connectivity index (χ1v) is 8.38. The molecule has 1 aromatic carbocycles. The average molecular weight is 366 g/mol. The number of carbonyl (C=O) groups excluding carboxylic acids is 2. The molecule has 24 heavy (non-hydrogen) atoms. The largest absolute Gasteiger partial charge is 0.462 e. The smallest absolute Gasteiger partial charge is 0.346 e. The summed E-state index contributed by atoms with van der Waals surface area (Å²) in [6, 6.07) is 6.84. The van der Waals surface area contributed by atoms with E-state index in [1.165, 1.54) is 11.8 Å². The molecule has 3 rings (SSSR count). The Balaban J connectivity index is 1.98. The van der Waals surface area contributed by atoms with Crippen LogP contribution in [-0.2, 0) is 14.3 Å². The van der Waals surface area contributed by atoms with E-state index in [4.69, 9.17) is 20.8 Å². The molecule has 1 amide bonds. The molecule has 0 saturated carbocycles. The highest BCUT2D eigenvalue weighted by Gasteiger charge is 2.29. The molecule has 0 aliphatic carbocycles. The SMILES string of the molecule is CCOC(=O)/C(=C1\NC(=O)CS1)c1nnc(-c2ccc(Cl)cc2)o1. The maximum atomic E-state index is 12.2. The molecule has 1 fully saturated rings. The number of hydrogen-bond acceptors (Lipinski definition) is 7. The van der Waals surface area contributed by atoms with Crippen LogP contribution in [0.3, 0.4) is 0 Å². The molecule has 0 atom stereocenters. The Morgan fingerprint density at radius 1 is 1.38 bits per heavy atom. The van der Waals surface area contributed by atoms with E-state index in [2.05, 4.69) is 15.5 Å². The van der Waals surface area contributed by atoms with Crippen molar-refractivity contribution in [3.05, 3.63) is 40.2 Å². The van der Waals surface area contributed by atoms with Gasteiger partial charge in [0.2, 0.25) is 11.8 Å². The lowest BCUT2D eigenvalue weighted by atomic mass is 10.2. The summed E-state index contributed by atoms with van der Waals surface area (Å²) in [7, 11) is 0. The molecule has 0 unspecified atom stereocenters. The third-order valence-electron chi connectivity index (χ3n) is 3.04. The first-order chi connectivity index (χ1) is 11.6. The monoisotopic (exact) mass is 365 g/mol. The Morgan fingerprint density at radius 3 is 2.75 bits per heavy atom. The van der Waals surface area contributed by atoms with E-state index in [0.717, 1.165) is 0 Å². The van der Waals surface area contributed by atoms with Crippen molar-refractivity contribution in [1.82, 2.24) is 15.5 Å². The number of rotatable bonds is 4. The first-order valence-electron chi connectivity index (χ1n) is 7.02. The predicted octanol–water partition coefficient (Wildman–Crippen LogP) is 2.48. The Hall–Kier alpha value is -2.32. The summed E-state index contributed by atoms with van der Waals surface area (Å²) in [5.41, 5.74) is 0.717. The summed E-state index contributed by atoms with van der Waals surface area (Å²) in [5, 5.41) is 11.4. The molecule has 0 spiro atoms. The lowest BCUT2D eigenvalue weighted by Gasteiger charge is -2.06. The number of thioether (sulfide) groups is 1. The molecule has 1 aliphatic heterocycles. The minimum atomic E-state index is -0.631. The van der Waals surface area contributed by atoms with Crippen LogP contribution in [-0.4, -0.2) is 34.4 Å². The van der Waals surface area contributed by atoms with Crippen LogP contribution >= 0.6 is 23.4 Å². The number of ether oxygens (including phenoxy) is 1. The van der Waals surface area contributed by atoms with Crippen LogP contribution in [0, 0.1) is 0 Å². The normalized spacial score (nSPS) is 16.0. The second kappa shape index (κ2) is 7.06. The average Bonchev–Trinajstić information content (AvgIpc) is 3.19. The zero-order chi connectivity index (χ0) is 17.1. The van der Waals surface area contributed by atoms with Crippen molar-refractivity contribution in [3.63, 3.8) is 0 Å². The van der Waals surface area contributed by atoms with E-state index >= 15 is 0 Å². The first kappa shape index (κ1) is 16.5. The lowest BCUT2D eigenvalue weighted by Crippen LogP contribution is -2.18. The van der Waals surface area contributed by atoms with Gasteiger partial charge in [-0.05, 0) is 31.2 Å². The fourth-order valence-corrected chi connectivity index (χ4v) is 2.96. The van der Waals surface area contributed by atoms with Crippen molar-refractivity contribution in [2.75, 3.05) is 12.4 Å². The lowest BCUT2D eigenvalue weighted by molar-refractivity contribution is -0.136. The third kappa shape index (κ3) is 3.44. The van der Waals surface area contributed by atoms with Gasteiger partial charge in [0, 0.05) is 10.6 Å². The van der Waals surface area contributed by atoms with Gasteiger partial charge in [0.25, 0.3) is 5.89 Å². The summed E-state index contributed by atoms with van der Waals surface area (Å²) in [5.74, 6) is -0.389. The van der Waals surface area contributed by atoms with Crippen LogP contribution in [0.5, 0.6) is 0 Å². The molecule has 2 aromatic rings. The van der Waals surface area contributed by atoms with E-state index < -0.39 is 5.97 Å². The van der Waals surface area contributed by atoms with E-state index in [0.29, 0.717) is 15.6 Å². The molecule has 1 aromatic heterocycles. The van der Waals surface area contributed by atoms with Crippen LogP contribution in [0.2, 0.25) is 5.02 Å². The van der Waals surface area contributed by atoms with E-state index in [-0.39, 0.29) is 35.6 Å². The highest BCUT2D eigenvalue weighted by Crippen LogP contribution is 2.31. The van der Waals surface area contributed by atoms with Crippen molar-refractivity contribution in [2.45, 2.75) is 6.92 Å². The molecule has 124 valence electrons. The van der Waals surface area contributed by atoms with E-state index in [1.807, 2.05) is 0 Å². The standard InChI is InChI=1S/C15H12ClN3O4S/c1-2-22-15(21)11(14-17-10(20)7-24-14)13-19-18-12(23-13)8-3-5-9(16)6-4-8/h3-6H,2,7H2,1H3,(H,17,20)/b14-11+. The molecule has 1 N–H and O–H groups in total. The summed E-state index contributed by atoms with van der Waals surface area (Å²) in [6.07, 6.45) is 0. The van der Waals surface area contributed by atoms with Crippen LogP contribution in [0.15, 0.2) is 33.7 Å². The topological polar surface area (TPSA) is 94.3 Å². The Bertz CT molecular complexity index is 816. The fraction of sp³-hybridized carbons (Fsp3) is 0.200. The molecule has 9 heteroatoms. The number of nitrogens with zero attached hydrogens (tertiary/aromatic N) is 2. The van der Waals surface area contributed by atoms with Crippen molar-refractivity contribution >= 4 is 40.8 Å². The molecule has 0 radical (unpaired) electrons. The van der Waals surface area contributed by atoms with Gasteiger partial charge in [-0.1, -0.05) is 23.4 Å². The van der Waals surface area contributed by atoms with Gasteiger partial charge in [-0.2, -0.15) is 0 Å². The molecule has 0 bridgehead atoms. The minimum Gasteiger partial charge on any atom is -0.462 e. The third-order valence-corrected chi connectivity index (χ3v) is 4.29. The second-order valence-electron chi connectivity index (χ2n) is 4.68. The summed E-state index contributed by atoms with van der Waals surface area (Å²) >= 11 is 7.04. The summed E-state index contributed by atoms with van der Waals surface area (Å²) in [4.78, 5) is 23.7. The number of hydrogen-bond donors (Lipinski definition) is 1. The maximum absolute atomic E-state index is 12.2. The van der Waals surface area contributed by atoms with Gasteiger partial charge >= 0.3 is 5.97 Å².